The Morgan fingerprint density at radius 1 is 0.914 bits per heavy atom. The Morgan fingerprint density at radius 2 is 1.66 bits per heavy atom. The van der Waals surface area contributed by atoms with Gasteiger partial charge >= 0.3 is 0 Å². The normalized spacial score (nSPS) is 11.5. The van der Waals surface area contributed by atoms with Crippen molar-refractivity contribution in [2.24, 2.45) is 0 Å². The molecular weight excluding hydrogens is 466 g/mol. The Kier molecular flexibility index (Phi) is 6.23. The molecule has 0 aliphatic carbocycles. The van der Waals surface area contributed by atoms with E-state index < -0.39 is 11.6 Å². The van der Waals surface area contributed by atoms with E-state index >= 15 is 0 Å². The summed E-state index contributed by atoms with van der Waals surface area (Å²) < 4.78 is 28.6. The lowest BCUT2D eigenvalue weighted by Crippen LogP contribution is -2.37. The molecule has 5 aromatic rings. The number of rotatable bonds is 6. The number of anilines is 1. The second kappa shape index (κ2) is 9.48. The minimum atomic E-state index is -0.747. The Labute approximate surface area is 205 Å². The van der Waals surface area contributed by atoms with E-state index in [1.807, 2.05) is 73.6 Å². The van der Waals surface area contributed by atoms with Crippen LogP contribution in [0.2, 0.25) is 0 Å². The highest BCUT2D eigenvalue weighted by Crippen LogP contribution is 2.33. The molecule has 2 aromatic heterocycles. The molecule has 0 N–H and O–H groups in total. The van der Waals surface area contributed by atoms with Crippen molar-refractivity contribution in [1.29, 1.82) is 0 Å². The first-order valence-corrected chi connectivity index (χ1v) is 11.9. The van der Waals surface area contributed by atoms with E-state index in [0.717, 1.165) is 23.0 Å². The number of para-hydroxylation sites is 1. The monoisotopic (exact) mass is 488 g/mol. The van der Waals surface area contributed by atoms with Gasteiger partial charge in [0.15, 0.2) is 10.9 Å². The smallest absolute Gasteiger partial charge is 0.260 e. The van der Waals surface area contributed by atoms with E-state index in [1.54, 1.807) is 11.0 Å². The standard InChI is InChI=1S/C27H22F2N4OS/c1-32(2)12-13-33(27-31-25-21(29)14-18(28)15-24(25)35-27)26(34)20-16-23(17-8-4-3-5-9-17)30-22-11-7-6-10-19(20)22/h3-11,14-16H,12-13H2,1-2H3. The quantitative estimate of drug-likeness (QED) is 0.294. The van der Waals surface area contributed by atoms with Crippen LogP contribution in [0.3, 0.4) is 0 Å². The van der Waals surface area contributed by atoms with Crippen molar-refractivity contribution in [2.45, 2.75) is 0 Å². The van der Waals surface area contributed by atoms with E-state index in [-0.39, 0.29) is 11.4 Å². The number of pyridine rings is 1. The summed E-state index contributed by atoms with van der Waals surface area (Å²) in [5, 5.41) is 1.03. The van der Waals surface area contributed by atoms with Crippen LogP contribution < -0.4 is 4.90 Å². The third kappa shape index (κ3) is 4.62. The molecular formula is C27H22F2N4OS. The highest BCUT2D eigenvalue weighted by Gasteiger charge is 2.25. The maximum absolute atomic E-state index is 14.4. The maximum atomic E-state index is 14.4. The van der Waals surface area contributed by atoms with Crippen molar-refractivity contribution in [3.63, 3.8) is 0 Å². The van der Waals surface area contributed by atoms with Gasteiger partial charge in [-0.05, 0) is 32.3 Å². The number of fused-ring (bicyclic) bond motifs is 2. The van der Waals surface area contributed by atoms with Gasteiger partial charge in [-0.2, -0.15) is 0 Å². The Hall–Kier alpha value is -3.75. The van der Waals surface area contributed by atoms with Gasteiger partial charge in [-0.1, -0.05) is 59.9 Å². The summed E-state index contributed by atoms with van der Waals surface area (Å²) in [6, 6.07) is 21.0. The van der Waals surface area contributed by atoms with Crippen LogP contribution in [0, 0.1) is 11.6 Å². The van der Waals surface area contributed by atoms with Crippen LogP contribution >= 0.6 is 11.3 Å². The fraction of sp³-hybridized carbons (Fsp3) is 0.148. The van der Waals surface area contributed by atoms with E-state index in [1.165, 1.54) is 6.07 Å². The number of thiazole rings is 1. The van der Waals surface area contributed by atoms with Crippen LogP contribution in [0.25, 0.3) is 32.4 Å². The van der Waals surface area contributed by atoms with Crippen LogP contribution in [-0.2, 0) is 0 Å². The molecule has 0 spiro atoms. The summed E-state index contributed by atoms with van der Waals surface area (Å²) in [6.45, 7) is 0.889. The topological polar surface area (TPSA) is 49.3 Å². The fourth-order valence-electron chi connectivity index (χ4n) is 3.90. The molecule has 3 aromatic carbocycles. The van der Waals surface area contributed by atoms with Gasteiger partial charge in [0, 0.05) is 30.1 Å². The highest BCUT2D eigenvalue weighted by molar-refractivity contribution is 7.22. The van der Waals surface area contributed by atoms with Gasteiger partial charge in [0.1, 0.15) is 11.3 Å². The fourth-order valence-corrected chi connectivity index (χ4v) is 4.93. The predicted molar refractivity (Wildman–Crippen MR) is 137 cm³/mol. The molecule has 0 radical (unpaired) electrons. The molecule has 0 atom stereocenters. The van der Waals surface area contributed by atoms with E-state index in [2.05, 4.69) is 4.98 Å². The van der Waals surface area contributed by atoms with Crippen molar-refractivity contribution in [3.8, 4) is 11.3 Å². The Morgan fingerprint density at radius 3 is 2.43 bits per heavy atom. The largest absolute Gasteiger partial charge is 0.308 e. The molecule has 8 heteroatoms. The molecule has 0 saturated carbocycles. The molecule has 1 amide bonds. The maximum Gasteiger partial charge on any atom is 0.260 e. The van der Waals surface area contributed by atoms with Crippen molar-refractivity contribution in [2.75, 3.05) is 32.1 Å². The van der Waals surface area contributed by atoms with Gasteiger partial charge < -0.3 is 4.90 Å². The summed E-state index contributed by atoms with van der Waals surface area (Å²) in [5.41, 5.74) is 2.79. The third-order valence-electron chi connectivity index (χ3n) is 5.66. The lowest BCUT2D eigenvalue weighted by atomic mass is 10.0. The molecule has 0 fully saturated rings. The average molecular weight is 489 g/mol. The average Bonchev–Trinajstić information content (AvgIpc) is 3.27. The zero-order valence-corrected chi connectivity index (χ0v) is 20.0. The van der Waals surface area contributed by atoms with Gasteiger partial charge in [-0.25, -0.2) is 18.7 Å². The number of carbonyl (C=O) groups excluding carboxylic acids is 1. The molecule has 2 heterocycles. The number of halogens is 2. The first-order valence-electron chi connectivity index (χ1n) is 11.1. The molecule has 0 aliphatic heterocycles. The highest BCUT2D eigenvalue weighted by atomic mass is 32.1. The zero-order chi connectivity index (χ0) is 24.5. The number of benzene rings is 3. The summed E-state index contributed by atoms with van der Waals surface area (Å²) >= 11 is 1.09. The first-order chi connectivity index (χ1) is 16.9. The number of aromatic nitrogens is 2. The van der Waals surface area contributed by atoms with Crippen LogP contribution in [-0.4, -0.2) is 48.0 Å². The lowest BCUT2D eigenvalue weighted by Gasteiger charge is -2.23. The van der Waals surface area contributed by atoms with Crippen LogP contribution in [0.15, 0.2) is 72.8 Å². The van der Waals surface area contributed by atoms with Crippen molar-refractivity contribution < 1.29 is 13.6 Å². The minimum Gasteiger partial charge on any atom is -0.308 e. The second-order valence-corrected chi connectivity index (χ2v) is 9.44. The van der Waals surface area contributed by atoms with Gasteiger partial charge in [0.25, 0.3) is 5.91 Å². The molecule has 0 saturated heterocycles. The van der Waals surface area contributed by atoms with Gasteiger partial charge in [0.05, 0.1) is 21.5 Å². The number of amides is 1. The molecule has 0 bridgehead atoms. The molecule has 176 valence electrons. The molecule has 35 heavy (non-hydrogen) atoms. The Bertz CT molecular complexity index is 1540. The SMILES string of the molecule is CN(C)CCN(C(=O)c1cc(-c2ccccc2)nc2ccccc12)c1nc2c(F)cc(F)cc2s1. The van der Waals surface area contributed by atoms with E-state index in [9.17, 15) is 13.6 Å². The number of likely N-dealkylation sites (N-methyl/N-ethyl adjacent to an activating group) is 1. The number of nitrogens with zero attached hydrogens (tertiary/aromatic N) is 4. The van der Waals surface area contributed by atoms with Crippen molar-refractivity contribution in [1.82, 2.24) is 14.9 Å². The number of hydrogen-bond donors (Lipinski definition) is 0. The van der Waals surface area contributed by atoms with Crippen LogP contribution in [0.4, 0.5) is 13.9 Å². The zero-order valence-electron chi connectivity index (χ0n) is 19.2. The molecule has 5 rings (SSSR count). The lowest BCUT2D eigenvalue weighted by molar-refractivity contribution is 0.0986. The summed E-state index contributed by atoms with van der Waals surface area (Å²) in [4.78, 5) is 26.7. The second-order valence-electron chi connectivity index (χ2n) is 8.43. The van der Waals surface area contributed by atoms with Gasteiger partial charge in [-0.15, -0.1) is 0 Å². The van der Waals surface area contributed by atoms with E-state index in [4.69, 9.17) is 4.98 Å². The Balaban J connectivity index is 1.66. The summed E-state index contributed by atoms with van der Waals surface area (Å²) in [5.74, 6) is -1.70. The van der Waals surface area contributed by atoms with Gasteiger partial charge in [-0.3, -0.25) is 9.69 Å². The first kappa shape index (κ1) is 23.0. The van der Waals surface area contributed by atoms with Gasteiger partial charge in [0.2, 0.25) is 0 Å². The van der Waals surface area contributed by atoms with Crippen molar-refractivity contribution >= 4 is 43.5 Å². The van der Waals surface area contributed by atoms with E-state index in [0.29, 0.717) is 45.1 Å². The molecule has 0 unspecified atom stereocenters. The van der Waals surface area contributed by atoms with Crippen LogP contribution in [0.5, 0.6) is 0 Å². The number of hydrogen-bond acceptors (Lipinski definition) is 5. The number of carbonyl (C=O) groups is 1. The third-order valence-corrected chi connectivity index (χ3v) is 6.69. The minimum absolute atomic E-state index is 0.0543. The summed E-state index contributed by atoms with van der Waals surface area (Å²) in [7, 11) is 3.82. The molecule has 5 nitrogen and oxygen atoms in total. The van der Waals surface area contributed by atoms with Crippen LogP contribution in [0.1, 0.15) is 10.4 Å². The predicted octanol–water partition coefficient (Wildman–Crippen LogP) is 6.00. The summed E-state index contributed by atoms with van der Waals surface area (Å²) in [6.07, 6.45) is 0. The molecule has 0 aliphatic rings. The van der Waals surface area contributed by atoms with Crippen molar-refractivity contribution in [3.05, 3.63) is 90.0 Å².